The Morgan fingerprint density at radius 1 is 1.32 bits per heavy atom. The molecular formula is C15H13NO3. The van der Waals surface area contributed by atoms with Crippen LogP contribution in [0.5, 0.6) is 11.5 Å². The van der Waals surface area contributed by atoms with Crippen LogP contribution in [0, 0.1) is 0 Å². The smallest absolute Gasteiger partial charge is 0.187 e. The number of methoxy groups -OCH3 is 1. The molecule has 1 heterocycles. The van der Waals surface area contributed by atoms with Gasteiger partial charge in [-0.05, 0) is 36.4 Å². The van der Waals surface area contributed by atoms with Gasteiger partial charge in [0.1, 0.15) is 11.5 Å². The Bertz CT molecular complexity index is 606. The van der Waals surface area contributed by atoms with Gasteiger partial charge in [-0.2, -0.15) is 0 Å². The number of benzene rings is 1. The van der Waals surface area contributed by atoms with Crippen molar-refractivity contribution < 1.29 is 14.6 Å². The first-order valence-electron chi connectivity index (χ1n) is 5.71. The van der Waals surface area contributed by atoms with Crippen molar-refractivity contribution in [3.8, 4) is 11.5 Å². The molecule has 0 bridgehead atoms. The molecule has 0 saturated heterocycles. The number of nitrogens with zero attached hydrogens (tertiary/aromatic N) is 1. The number of hydrogen-bond acceptors (Lipinski definition) is 4. The van der Waals surface area contributed by atoms with Crippen LogP contribution >= 0.6 is 0 Å². The molecule has 0 aliphatic rings. The number of phenols is 1. The summed E-state index contributed by atoms with van der Waals surface area (Å²) in [5.41, 5.74) is 0.968. The molecule has 4 nitrogen and oxygen atoms in total. The van der Waals surface area contributed by atoms with E-state index >= 15 is 0 Å². The lowest BCUT2D eigenvalue weighted by Crippen LogP contribution is -1.94. The Kier molecular flexibility index (Phi) is 3.93. The summed E-state index contributed by atoms with van der Waals surface area (Å²) in [7, 11) is 1.51. The number of ketones is 1. The zero-order chi connectivity index (χ0) is 13.7. The van der Waals surface area contributed by atoms with E-state index in [1.165, 1.54) is 31.5 Å². The highest BCUT2D eigenvalue weighted by atomic mass is 16.5. The van der Waals surface area contributed by atoms with E-state index < -0.39 is 0 Å². The van der Waals surface area contributed by atoms with Gasteiger partial charge in [0.25, 0.3) is 0 Å². The first-order chi connectivity index (χ1) is 9.22. The predicted octanol–water partition coefficient (Wildman–Crippen LogP) is 2.69. The van der Waals surface area contributed by atoms with Crippen molar-refractivity contribution in [2.45, 2.75) is 0 Å². The zero-order valence-electron chi connectivity index (χ0n) is 10.4. The SMILES string of the molecule is COc1cccc(O)c1C=CC(=O)c1cccnc1. The summed E-state index contributed by atoms with van der Waals surface area (Å²) in [6.45, 7) is 0. The third-order valence-electron chi connectivity index (χ3n) is 2.61. The number of aromatic hydroxyl groups is 1. The fraction of sp³-hybridized carbons (Fsp3) is 0.0667. The first-order valence-corrected chi connectivity index (χ1v) is 5.71. The van der Waals surface area contributed by atoms with E-state index in [4.69, 9.17) is 4.74 Å². The van der Waals surface area contributed by atoms with Crippen molar-refractivity contribution in [1.29, 1.82) is 0 Å². The number of carbonyl (C=O) groups excluding carboxylic acids is 1. The van der Waals surface area contributed by atoms with E-state index in [0.29, 0.717) is 16.9 Å². The van der Waals surface area contributed by atoms with Crippen LogP contribution in [0.15, 0.2) is 48.8 Å². The number of ether oxygens (including phenoxy) is 1. The molecule has 1 aromatic carbocycles. The Morgan fingerprint density at radius 2 is 2.16 bits per heavy atom. The molecule has 0 radical (unpaired) electrons. The van der Waals surface area contributed by atoms with E-state index in [1.54, 1.807) is 30.5 Å². The van der Waals surface area contributed by atoms with Crippen molar-refractivity contribution in [3.05, 3.63) is 59.9 Å². The van der Waals surface area contributed by atoms with Crippen LogP contribution < -0.4 is 4.74 Å². The summed E-state index contributed by atoms with van der Waals surface area (Å²) in [4.78, 5) is 15.8. The fourth-order valence-electron chi connectivity index (χ4n) is 1.64. The number of rotatable bonds is 4. The molecule has 1 N–H and O–H groups in total. The molecule has 4 heteroatoms. The normalized spacial score (nSPS) is 10.6. The van der Waals surface area contributed by atoms with Gasteiger partial charge in [-0.25, -0.2) is 0 Å². The van der Waals surface area contributed by atoms with Gasteiger partial charge in [0.15, 0.2) is 5.78 Å². The van der Waals surface area contributed by atoms with Crippen molar-refractivity contribution in [1.82, 2.24) is 4.98 Å². The number of aromatic nitrogens is 1. The molecule has 0 aliphatic heterocycles. The van der Waals surface area contributed by atoms with Gasteiger partial charge in [-0.1, -0.05) is 6.07 Å². The molecule has 0 fully saturated rings. The highest BCUT2D eigenvalue weighted by Gasteiger charge is 2.06. The average molecular weight is 255 g/mol. The number of allylic oxidation sites excluding steroid dienone is 1. The maximum absolute atomic E-state index is 11.9. The highest BCUT2D eigenvalue weighted by Crippen LogP contribution is 2.28. The van der Waals surface area contributed by atoms with Gasteiger partial charge in [0, 0.05) is 18.0 Å². The number of carbonyl (C=O) groups is 1. The minimum atomic E-state index is -0.182. The number of phenolic OH excluding ortho intramolecular Hbond substituents is 1. The van der Waals surface area contributed by atoms with Crippen molar-refractivity contribution >= 4 is 11.9 Å². The maximum atomic E-state index is 11.9. The van der Waals surface area contributed by atoms with Gasteiger partial charge < -0.3 is 9.84 Å². The van der Waals surface area contributed by atoms with Crippen LogP contribution in [-0.2, 0) is 0 Å². The van der Waals surface area contributed by atoms with Crippen molar-refractivity contribution in [2.75, 3.05) is 7.11 Å². The topological polar surface area (TPSA) is 59.4 Å². The highest BCUT2D eigenvalue weighted by molar-refractivity contribution is 6.06. The molecule has 19 heavy (non-hydrogen) atoms. The molecule has 2 aromatic rings. The molecular weight excluding hydrogens is 242 g/mol. The van der Waals surface area contributed by atoms with Crippen LogP contribution in [0.3, 0.4) is 0 Å². The van der Waals surface area contributed by atoms with Crippen molar-refractivity contribution in [3.63, 3.8) is 0 Å². The minimum absolute atomic E-state index is 0.0644. The first kappa shape index (κ1) is 12.8. The largest absolute Gasteiger partial charge is 0.507 e. The lowest BCUT2D eigenvalue weighted by Gasteiger charge is -2.05. The Morgan fingerprint density at radius 3 is 2.84 bits per heavy atom. The van der Waals surface area contributed by atoms with Crippen LogP contribution in [-0.4, -0.2) is 23.0 Å². The van der Waals surface area contributed by atoms with Gasteiger partial charge in [-0.3, -0.25) is 9.78 Å². The van der Waals surface area contributed by atoms with Gasteiger partial charge in [-0.15, -0.1) is 0 Å². The predicted molar refractivity (Wildman–Crippen MR) is 72.3 cm³/mol. The summed E-state index contributed by atoms with van der Waals surface area (Å²) >= 11 is 0. The van der Waals surface area contributed by atoms with E-state index in [2.05, 4.69) is 4.98 Å². The Balaban J connectivity index is 2.26. The molecule has 0 saturated carbocycles. The Hall–Kier alpha value is -2.62. The molecule has 0 aliphatic carbocycles. The summed E-state index contributed by atoms with van der Waals surface area (Å²) in [6.07, 6.45) is 6.01. The Labute approximate surface area is 111 Å². The van der Waals surface area contributed by atoms with Crippen LogP contribution in [0.2, 0.25) is 0 Å². The van der Waals surface area contributed by atoms with E-state index in [1.807, 2.05) is 0 Å². The summed E-state index contributed by atoms with van der Waals surface area (Å²) in [6, 6.07) is 8.31. The molecule has 0 unspecified atom stereocenters. The van der Waals surface area contributed by atoms with Gasteiger partial charge >= 0.3 is 0 Å². The second-order valence-corrected chi connectivity index (χ2v) is 3.83. The lowest BCUT2D eigenvalue weighted by atomic mass is 10.1. The standard InChI is InChI=1S/C15H13NO3/c1-19-15-6-2-5-14(18)12(15)7-8-13(17)11-4-3-9-16-10-11/h2-10,18H,1H3. The van der Waals surface area contributed by atoms with E-state index in [0.717, 1.165) is 0 Å². The third kappa shape index (κ3) is 2.98. The lowest BCUT2D eigenvalue weighted by molar-refractivity contribution is 0.104. The minimum Gasteiger partial charge on any atom is -0.507 e. The number of hydrogen-bond donors (Lipinski definition) is 1. The molecule has 0 amide bonds. The molecule has 96 valence electrons. The average Bonchev–Trinajstić information content (AvgIpc) is 2.46. The third-order valence-corrected chi connectivity index (χ3v) is 2.61. The second-order valence-electron chi connectivity index (χ2n) is 3.83. The van der Waals surface area contributed by atoms with Crippen molar-refractivity contribution in [2.24, 2.45) is 0 Å². The second kappa shape index (κ2) is 5.82. The molecule has 0 spiro atoms. The zero-order valence-corrected chi connectivity index (χ0v) is 10.4. The quantitative estimate of drug-likeness (QED) is 0.674. The van der Waals surface area contributed by atoms with E-state index in [9.17, 15) is 9.90 Å². The van der Waals surface area contributed by atoms with Crippen LogP contribution in [0.1, 0.15) is 15.9 Å². The summed E-state index contributed by atoms with van der Waals surface area (Å²) < 4.78 is 5.13. The maximum Gasteiger partial charge on any atom is 0.187 e. The fourth-order valence-corrected chi connectivity index (χ4v) is 1.64. The number of pyridine rings is 1. The van der Waals surface area contributed by atoms with Gasteiger partial charge in [0.2, 0.25) is 0 Å². The molecule has 2 rings (SSSR count). The van der Waals surface area contributed by atoms with E-state index in [-0.39, 0.29) is 11.5 Å². The van der Waals surface area contributed by atoms with Gasteiger partial charge in [0.05, 0.1) is 12.7 Å². The molecule has 1 aromatic heterocycles. The summed E-state index contributed by atoms with van der Waals surface area (Å²) in [5.74, 6) is 0.392. The molecule has 0 atom stereocenters. The van der Waals surface area contributed by atoms with Crippen LogP contribution in [0.25, 0.3) is 6.08 Å². The monoisotopic (exact) mass is 255 g/mol. The van der Waals surface area contributed by atoms with Crippen LogP contribution in [0.4, 0.5) is 0 Å². The summed E-state index contributed by atoms with van der Waals surface area (Å²) in [5, 5.41) is 9.75.